The quantitative estimate of drug-likeness (QED) is 0.364. The van der Waals surface area contributed by atoms with Crippen LogP contribution in [0.4, 0.5) is 0 Å². The summed E-state index contributed by atoms with van der Waals surface area (Å²) in [6.07, 6.45) is 1.28. The Morgan fingerprint density at radius 3 is 2.65 bits per heavy atom. The zero-order chi connectivity index (χ0) is 17.5. The van der Waals surface area contributed by atoms with Crippen LogP contribution in [0.15, 0.2) is 35.3 Å². The maximum absolute atomic E-state index is 5.43. The lowest BCUT2D eigenvalue weighted by atomic mass is 10.1. The molecule has 6 heteroatoms. The van der Waals surface area contributed by atoms with Crippen molar-refractivity contribution >= 4 is 29.9 Å². The van der Waals surface area contributed by atoms with E-state index in [9.17, 15) is 0 Å². The highest BCUT2D eigenvalue weighted by Crippen LogP contribution is 2.46. The molecule has 2 fully saturated rings. The first-order valence-electron chi connectivity index (χ1n) is 9.67. The first-order chi connectivity index (χ1) is 12.3. The number of hydrogen-bond donors (Lipinski definition) is 2. The number of aliphatic imine (C=N–C) groups is 1. The van der Waals surface area contributed by atoms with Gasteiger partial charge in [0.15, 0.2) is 5.96 Å². The van der Waals surface area contributed by atoms with Crippen molar-refractivity contribution in [1.29, 1.82) is 0 Å². The zero-order valence-corrected chi connectivity index (χ0v) is 18.3. The van der Waals surface area contributed by atoms with Gasteiger partial charge in [0.1, 0.15) is 0 Å². The Hall–Kier alpha value is -0.860. The van der Waals surface area contributed by atoms with Gasteiger partial charge in [-0.05, 0) is 37.7 Å². The van der Waals surface area contributed by atoms with Gasteiger partial charge in [-0.3, -0.25) is 9.89 Å². The fraction of sp³-hybridized carbons (Fsp3) is 0.650. The number of hydrogen-bond acceptors (Lipinski definition) is 3. The van der Waals surface area contributed by atoms with Crippen molar-refractivity contribution in [3.63, 3.8) is 0 Å². The number of morpholine rings is 1. The molecule has 3 rings (SSSR count). The fourth-order valence-corrected chi connectivity index (χ4v) is 3.51. The first-order valence-corrected chi connectivity index (χ1v) is 9.67. The monoisotopic (exact) mass is 472 g/mol. The Morgan fingerprint density at radius 1 is 1.23 bits per heavy atom. The van der Waals surface area contributed by atoms with Crippen LogP contribution in [0.5, 0.6) is 0 Å². The van der Waals surface area contributed by atoms with Crippen LogP contribution in [0.3, 0.4) is 0 Å². The van der Waals surface area contributed by atoms with Crippen LogP contribution >= 0.6 is 24.0 Å². The highest BCUT2D eigenvalue weighted by atomic mass is 127. The third-order valence-corrected chi connectivity index (χ3v) is 5.21. The van der Waals surface area contributed by atoms with Gasteiger partial charge in [-0.25, -0.2) is 0 Å². The van der Waals surface area contributed by atoms with Crippen LogP contribution in [0.1, 0.15) is 31.7 Å². The smallest absolute Gasteiger partial charge is 0.191 e. The third-order valence-electron chi connectivity index (χ3n) is 5.21. The van der Waals surface area contributed by atoms with Gasteiger partial charge in [0, 0.05) is 32.2 Å². The van der Waals surface area contributed by atoms with E-state index in [2.05, 4.69) is 59.7 Å². The van der Waals surface area contributed by atoms with Gasteiger partial charge in [-0.1, -0.05) is 30.3 Å². The van der Waals surface area contributed by atoms with Crippen LogP contribution in [-0.4, -0.2) is 62.8 Å². The summed E-state index contributed by atoms with van der Waals surface area (Å²) >= 11 is 0. The van der Waals surface area contributed by atoms with Gasteiger partial charge >= 0.3 is 0 Å². The summed E-state index contributed by atoms with van der Waals surface area (Å²) in [6.45, 7) is 10.8. The summed E-state index contributed by atoms with van der Waals surface area (Å²) in [5.74, 6) is 2.38. The lowest BCUT2D eigenvalue weighted by molar-refractivity contribution is 0.0220. The zero-order valence-electron chi connectivity index (χ0n) is 16.0. The van der Waals surface area contributed by atoms with Crippen molar-refractivity contribution in [3.8, 4) is 0 Å². The molecule has 1 saturated carbocycles. The normalized spacial score (nSPS) is 24.5. The van der Waals surface area contributed by atoms with Gasteiger partial charge in [0.2, 0.25) is 0 Å². The Kier molecular flexibility index (Phi) is 9.15. The summed E-state index contributed by atoms with van der Waals surface area (Å²) in [4.78, 5) is 7.26. The molecule has 2 aliphatic rings. The van der Waals surface area contributed by atoms with E-state index in [-0.39, 0.29) is 24.0 Å². The fourth-order valence-electron chi connectivity index (χ4n) is 3.51. The Morgan fingerprint density at radius 2 is 1.96 bits per heavy atom. The molecule has 1 heterocycles. The molecule has 1 aliphatic carbocycles. The number of nitrogens with zero attached hydrogens (tertiary/aromatic N) is 2. The molecule has 2 N–H and O–H groups in total. The molecule has 1 aromatic carbocycles. The lowest BCUT2D eigenvalue weighted by Gasteiger charge is -2.31. The Bertz CT molecular complexity index is 548. The molecule has 0 amide bonds. The summed E-state index contributed by atoms with van der Waals surface area (Å²) < 4.78 is 5.43. The minimum Gasteiger partial charge on any atom is -0.379 e. The maximum atomic E-state index is 5.43. The van der Waals surface area contributed by atoms with Crippen molar-refractivity contribution in [2.75, 3.05) is 45.9 Å². The molecule has 26 heavy (non-hydrogen) atoms. The van der Waals surface area contributed by atoms with Gasteiger partial charge in [-0.15, -0.1) is 24.0 Å². The van der Waals surface area contributed by atoms with E-state index >= 15 is 0 Å². The van der Waals surface area contributed by atoms with Crippen LogP contribution in [0.25, 0.3) is 0 Å². The molecule has 1 saturated heterocycles. The predicted molar refractivity (Wildman–Crippen MR) is 119 cm³/mol. The predicted octanol–water partition coefficient (Wildman–Crippen LogP) is 2.68. The largest absolute Gasteiger partial charge is 0.379 e. The summed E-state index contributed by atoms with van der Waals surface area (Å²) in [7, 11) is 0. The van der Waals surface area contributed by atoms with Crippen LogP contribution in [-0.2, 0) is 4.74 Å². The van der Waals surface area contributed by atoms with E-state index < -0.39 is 0 Å². The van der Waals surface area contributed by atoms with E-state index in [4.69, 9.17) is 9.73 Å². The number of nitrogens with one attached hydrogen (secondary N) is 2. The average molecular weight is 472 g/mol. The van der Waals surface area contributed by atoms with E-state index in [0.717, 1.165) is 57.8 Å². The molecule has 3 unspecified atom stereocenters. The molecule has 1 aliphatic heterocycles. The molecule has 1 aromatic rings. The second-order valence-corrected chi connectivity index (χ2v) is 7.11. The van der Waals surface area contributed by atoms with E-state index in [0.29, 0.717) is 12.0 Å². The molecule has 3 atom stereocenters. The number of guanidine groups is 1. The van der Waals surface area contributed by atoms with Crippen LogP contribution in [0.2, 0.25) is 0 Å². The second kappa shape index (κ2) is 11.1. The highest BCUT2D eigenvalue weighted by molar-refractivity contribution is 14.0. The second-order valence-electron chi connectivity index (χ2n) is 7.11. The van der Waals surface area contributed by atoms with Crippen molar-refractivity contribution in [3.05, 3.63) is 35.9 Å². The van der Waals surface area contributed by atoms with Crippen molar-refractivity contribution in [2.45, 2.75) is 32.2 Å². The standard InChI is InChI=1S/C20H32N4O.HI/c1-3-21-20(22-14-16(2)24-9-11-25-12-10-24)23-15-18-13-19(18)17-7-5-4-6-8-17;/h4-8,16,18-19H,3,9-15H2,1-2H3,(H2,21,22,23);1H. The molecular formula is C20H33IN4O. The minimum absolute atomic E-state index is 0. The van der Waals surface area contributed by atoms with E-state index in [1.54, 1.807) is 0 Å². The van der Waals surface area contributed by atoms with Crippen molar-refractivity contribution < 1.29 is 4.74 Å². The summed E-state index contributed by atoms with van der Waals surface area (Å²) in [6, 6.07) is 11.3. The van der Waals surface area contributed by atoms with Crippen molar-refractivity contribution in [2.24, 2.45) is 10.9 Å². The maximum Gasteiger partial charge on any atom is 0.191 e. The average Bonchev–Trinajstić information content (AvgIpc) is 3.45. The summed E-state index contributed by atoms with van der Waals surface area (Å²) in [5.41, 5.74) is 1.47. The molecule has 0 bridgehead atoms. The number of ether oxygens (including phenoxy) is 1. The Balaban J connectivity index is 0.00000243. The van der Waals surface area contributed by atoms with Gasteiger partial charge in [-0.2, -0.15) is 0 Å². The van der Waals surface area contributed by atoms with Crippen molar-refractivity contribution in [1.82, 2.24) is 15.5 Å². The number of benzene rings is 1. The van der Waals surface area contributed by atoms with E-state index in [1.807, 2.05) is 0 Å². The SMILES string of the molecule is CCNC(=NCC(C)N1CCOCC1)NCC1CC1c1ccccc1.I. The molecule has 0 radical (unpaired) electrons. The van der Waals surface area contributed by atoms with Gasteiger partial charge in [0.05, 0.1) is 19.8 Å². The molecule has 0 spiro atoms. The van der Waals surface area contributed by atoms with Gasteiger partial charge in [0.25, 0.3) is 0 Å². The summed E-state index contributed by atoms with van der Waals surface area (Å²) in [5, 5.41) is 6.91. The lowest BCUT2D eigenvalue weighted by Crippen LogP contribution is -2.44. The first kappa shape index (κ1) is 21.4. The molecule has 0 aromatic heterocycles. The number of halogens is 1. The molecule has 146 valence electrons. The molecule has 5 nitrogen and oxygen atoms in total. The topological polar surface area (TPSA) is 48.9 Å². The van der Waals surface area contributed by atoms with Crippen LogP contribution < -0.4 is 10.6 Å². The van der Waals surface area contributed by atoms with E-state index in [1.165, 1.54) is 12.0 Å². The van der Waals surface area contributed by atoms with Gasteiger partial charge < -0.3 is 15.4 Å². The van der Waals surface area contributed by atoms with Crippen LogP contribution in [0, 0.1) is 5.92 Å². The molecular weight excluding hydrogens is 439 g/mol. The third kappa shape index (κ3) is 6.39. The number of rotatable bonds is 7. The Labute approximate surface area is 175 Å². The highest BCUT2D eigenvalue weighted by Gasteiger charge is 2.37. The minimum atomic E-state index is 0.